The normalized spacial score (nSPS) is 8.92. The highest BCUT2D eigenvalue weighted by molar-refractivity contribution is 5.78. The van der Waals surface area contributed by atoms with Gasteiger partial charge in [-0.3, -0.25) is 4.79 Å². The number of hydrogen-bond acceptors (Lipinski definition) is 2. The lowest BCUT2D eigenvalue weighted by Crippen LogP contribution is -1.95. The fourth-order valence-electron chi connectivity index (χ4n) is 0.976. The largest absolute Gasteiger partial charge is 0.397 e. The van der Waals surface area contributed by atoms with E-state index in [0.29, 0.717) is 5.78 Å². The van der Waals surface area contributed by atoms with E-state index in [1.54, 1.807) is 6.92 Å². The minimum Gasteiger partial charge on any atom is -0.397 e. The summed E-state index contributed by atoms with van der Waals surface area (Å²) in [7, 11) is 0. The topological polar surface area (TPSA) is 37.3 Å². The highest BCUT2D eigenvalue weighted by Crippen LogP contribution is 2.02. The first kappa shape index (κ1) is 15.1. The van der Waals surface area contributed by atoms with Crippen molar-refractivity contribution in [3.8, 4) is 0 Å². The highest BCUT2D eigenvalue weighted by atomic mass is 16.2. The smallest absolute Gasteiger partial charge is 0.132 e. The first-order valence-corrected chi connectivity index (χ1v) is 5.35. The zero-order chi connectivity index (χ0) is 10.5. The van der Waals surface area contributed by atoms with Gasteiger partial charge >= 0.3 is 0 Å². The summed E-state index contributed by atoms with van der Waals surface area (Å²) in [5.41, 5.74) is 0. The predicted octanol–water partition coefficient (Wildman–Crippen LogP) is 2.93. The first-order chi connectivity index (χ1) is 6.22. The summed E-state index contributed by atoms with van der Waals surface area (Å²) in [5.74, 6) is 0.441. The van der Waals surface area contributed by atoms with Gasteiger partial charge in [-0.2, -0.15) is 0 Å². The van der Waals surface area contributed by atoms with Crippen molar-refractivity contribution in [3.63, 3.8) is 0 Å². The molecule has 0 heterocycles. The van der Waals surface area contributed by atoms with Crippen LogP contribution in [0.4, 0.5) is 0 Å². The average molecular weight is 188 g/mol. The van der Waals surface area contributed by atoms with Crippen molar-refractivity contribution in [1.82, 2.24) is 0 Å². The Balaban J connectivity index is 0. The highest BCUT2D eigenvalue weighted by Gasteiger charge is 1.97. The number of carbonyl (C=O) groups is 1. The Hall–Kier alpha value is -0.370. The number of ketones is 1. The van der Waals surface area contributed by atoms with Gasteiger partial charge in [-0.1, -0.05) is 26.7 Å². The fourth-order valence-corrected chi connectivity index (χ4v) is 0.976. The van der Waals surface area contributed by atoms with E-state index in [-0.39, 0.29) is 6.61 Å². The molecule has 0 aromatic carbocycles. The lowest BCUT2D eigenvalue weighted by molar-refractivity contribution is -0.119. The van der Waals surface area contributed by atoms with Crippen molar-refractivity contribution in [2.24, 2.45) is 0 Å². The van der Waals surface area contributed by atoms with E-state index in [1.165, 1.54) is 12.8 Å². The van der Waals surface area contributed by atoms with E-state index in [9.17, 15) is 4.79 Å². The van der Waals surface area contributed by atoms with Crippen LogP contribution < -0.4 is 0 Å². The zero-order valence-electron chi connectivity index (χ0n) is 9.31. The molecule has 0 radical (unpaired) electrons. The quantitative estimate of drug-likeness (QED) is 0.651. The van der Waals surface area contributed by atoms with E-state index in [0.717, 1.165) is 25.7 Å². The maximum atomic E-state index is 10.9. The van der Waals surface area contributed by atoms with Gasteiger partial charge in [0.2, 0.25) is 0 Å². The Morgan fingerprint density at radius 3 is 1.92 bits per heavy atom. The van der Waals surface area contributed by atoms with E-state index in [2.05, 4.69) is 13.8 Å². The third kappa shape index (κ3) is 18.5. The van der Waals surface area contributed by atoms with Crippen LogP contribution in [-0.4, -0.2) is 17.5 Å². The van der Waals surface area contributed by atoms with Crippen LogP contribution in [0.2, 0.25) is 0 Å². The molecule has 13 heavy (non-hydrogen) atoms. The maximum absolute atomic E-state index is 10.9. The fraction of sp³-hybridized carbons (Fsp3) is 0.909. The minimum atomic E-state index is 0.250. The summed E-state index contributed by atoms with van der Waals surface area (Å²) in [6, 6.07) is 0. The molecule has 0 aliphatic carbocycles. The molecule has 0 aromatic heterocycles. The molecule has 0 atom stereocenters. The van der Waals surface area contributed by atoms with Gasteiger partial charge in [0, 0.05) is 19.4 Å². The summed E-state index contributed by atoms with van der Waals surface area (Å²) in [6.07, 6.45) is 6.10. The van der Waals surface area contributed by atoms with Gasteiger partial charge in [0.05, 0.1) is 0 Å². The van der Waals surface area contributed by atoms with Crippen molar-refractivity contribution >= 4 is 5.78 Å². The third-order valence-electron chi connectivity index (χ3n) is 1.59. The number of unbranched alkanes of at least 4 members (excludes halogenated alkanes) is 2. The van der Waals surface area contributed by atoms with Gasteiger partial charge in [-0.25, -0.2) is 0 Å². The summed E-state index contributed by atoms with van der Waals surface area (Å²) in [6.45, 7) is 6.14. The molecule has 0 amide bonds. The molecule has 0 bridgehead atoms. The number of hydrogen-bond donors (Lipinski definition) is 1. The second kappa shape index (κ2) is 14.2. The SMILES string of the molecule is CCCCCC(=O)CCC.CCO. The minimum absolute atomic E-state index is 0.250. The second-order valence-corrected chi connectivity index (χ2v) is 3.06. The predicted molar refractivity (Wildman–Crippen MR) is 56.8 cm³/mol. The molecular weight excluding hydrogens is 164 g/mol. The van der Waals surface area contributed by atoms with Crippen LogP contribution in [0, 0.1) is 0 Å². The van der Waals surface area contributed by atoms with E-state index in [1.807, 2.05) is 0 Å². The standard InChI is InChI=1S/C9H18O.C2H6O/c1-3-5-6-8-9(10)7-4-2;1-2-3/h3-8H2,1-2H3;3H,2H2,1H3. The maximum Gasteiger partial charge on any atom is 0.132 e. The van der Waals surface area contributed by atoms with E-state index < -0.39 is 0 Å². The van der Waals surface area contributed by atoms with Gasteiger partial charge in [-0.15, -0.1) is 0 Å². The van der Waals surface area contributed by atoms with Crippen LogP contribution in [0.25, 0.3) is 0 Å². The van der Waals surface area contributed by atoms with Crippen molar-refractivity contribution < 1.29 is 9.90 Å². The van der Waals surface area contributed by atoms with Crippen molar-refractivity contribution in [2.45, 2.75) is 59.3 Å². The van der Waals surface area contributed by atoms with Gasteiger partial charge in [0.1, 0.15) is 5.78 Å². The monoisotopic (exact) mass is 188 g/mol. The molecule has 2 heteroatoms. The number of carbonyl (C=O) groups excluding carboxylic acids is 1. The molecule has 0 aliphatic heterocycles. The Bertz CT molecular complexity index is 100. The molecule has 0 spiro atoms. The molecule has 1 N–H and O–H groups in total. The molecule has 0 aliphatic rings. The first-order valence-electron chi connectivity index (χ1n) is 5.35. The van der Waals surface area contributed by atoms with Crippen LogP contribution in [0.5, 0.6) is 0 Å². The van der Waals surface area contributed by atoms with Gasteiger partial charge in [-0.05, 0) is 19.8 Å². The Kier molecular flexibility index (Phi) is 16.5. The third-order valence-corrected chi connectivity index (χ3v) is 1.59. The summed E-state index contributed by atoms with van der Waals surface area (Å²) < 4.78 is 0. The molecule has 0 unspecified atom stereocenters. The van der Waals surface area contributed by atoms with Crippen LogP contribution >= 0.6 is 0 Å². The molecule has 0 aromatic rings. The van der Waals surface area contributed by atoms with Gasteiger partial charge < -0.3 is 5.11 Å². The lowest BCUT2D eigenvalue weighted by atomic mass is 10.1. The molecule has 0 saturated carbocycles. The molecule has 0 rings (SSSR count). The van der Waals surface area contributed by atoms with Crippen LogP contribution in [-0.2, 0) is 4.79 Å². The van der Waals surface area contributed by atoms with Crippen molar-refractivity contribution in [1.29, 1.82) is 0 Å². The lowest BCUT2D eigenvalue weighted by Gasteiger charge is -1.96. The number of aliphatic hydroxyl groups excluding tert-OH is 1. The van der Waals surface area contributed by atoms with Crippen molar-refractivity contribution in [3.05, 3.63) is 0 Å². The molecule has 0 fully saturated rings. The van der Waals surface area contributed by atoms with Crippen LogP contribution in [0.15, 0.2) is 0 Å². The van der Waals surface area contributed by atoms with Gasteiger partial charge in [0.15, 0.2) is 0 Å². The number of aliphatic hydroxyl groups is 1. The Morgan fingerprint density at radius 1 is 1.00 bits per heavy atom. The van der Waals surface area contributed by atoms with Crippen LogP contribution in [0.3, 0.4) is 0 Å². The average Bonchev–Trinajstić information content (AvgIpc) is 2.07. The van der Waals surface area contributed by atoms with Crippen LogP contribution in [0.1, 0.15) is 59.3 Å². The molecule has 2 nitrogen and oxygen atoms in total. The number of rotatable bonds is 6. The van der Waals surface area contributed by atoms with E-state index in [4.69, 9.17) is 5.11 Å². The van der Waals surface area contributed by atoms with E-state index >= 15 is 0 Å². The summed E-state index contributed by atoms with van der Waals surface area (Å²) >= 11 is 0. The summed E-state index contributed by atoms with van der Waals surface area (Å²) in [4.78, 5) is 10.9. The zero-order valence-corrected chi connectivity index (χ0v) is 9.31. The second-order valence-electron chi connectivity index (χ2n) is 3.06. The van der Waals surface area contributed by atoms with Crippen molar-refractivity contribution in [2.75, 3.05) is 6.61 Å². The Morgan fingerprint density at radius 2 is 1.54 bits per heavy atom. The Labute approximate surface area is 82.4 Å². The number of Topliss-reactive ketones (excluding diaryl/α,β-unsaturated/α-hetero) is 1. The molecule has 0 saturated heterocycles. The van der Waals surface area contributed by atoms with Gasteiger partial charge in [0.25, 0.3) is 0 Å². The molecule has 80 valence electrons. The molecular formula is C11H24O2. The summed E-state index contributed by atoms with van der Waals surface area (Å²) in [5, 5.41) is 7.57.